The minimum absolute atomic E-state index is 0.0829. The first kappa shape index (κ1) is 22.0. The lowest BCUT2D eigenvalue weighted by atomic mass is 9.95. The van der Waals surface area contributed by atoms with Gasteiger partial charge in [0.05, 0.1) is 0 Å². The summed E-state index contributed by atoms with van der Waals surface area (Å²) in [6, 6.07) is 15.7. The van der Waals surface area contributed by atoms with Gasteiger partial charge in [-0.1, -0.05) is 67.8 Å². The first-order valence-corrected chi connectivity index (χ1v) is 10.9. The van der Waals surface area contributed by atoms with E-state index in [1.54, 1.807) is 25.1 Å². The molecule has 1 N–H and O–H groups in total. The molecule has 5 heteroatoms. The van der Waals surface area contributed by atoms with Crippen molar-refractivity contribution in [2.24, 2.45) is 0 Å². The molecule has 0 bridgehead atoms. The van der Waals surface area contributed by atoms with Crippen molar-refractivity contribution in [2.45, 2.75) is 70.5 Å². The molecular formula is C25H31FN2O2. The maximum atomic E-state index is 14.3. The van der Waals surface area contributed by atoms with Crippen molar-refractivity contribution in [3.63, 3.8) is 0 Å². The topological polar surface area (TPSA) is 49.4 Å². The number of carbonyl (C=O) groups is 2. The molecule has 0 unspecified atom stereocenters. The van der Waals surface area contributed by atoms with Crippen molar-refractivity contribution in [2.75, 3.05) is 0 Å². The molecule has 1 aliphatic carbocycles. The second-order valence-electron chi connectivity index (χ2n) is 8.12. The molecule has 30 heavy (non-hydrogen) atoms. The Morgan fingerprint density at radius 1 is 1.03 bits per heavy atom. The van der Waals surface area contributed by atoms with Crippen LogP contribution in [0.2, 0.25) is 0 Å². The monoisotopic (exact) mass is 410 g/mol. The molecule has 1 atom stereocenters. The van der Waals surface area contributed by atoms with E-state index in [0.29, 0.717) is 12.0 Å². The summed E-state index contributed by atoms with van der Waals surface area (Å²) in [4.78, 5) is 27.5. The fraction of sp³-hybridized carbons (Fsp3) is 0.440. The highest BCUT2D eigenvalue weighted by Gasteiger charge is 2.28. The van der Waals surface area contributed by atoms with Crippen molar-refractivity contribution in [1.82, 2.24) is 10.2 Å². The number of halogens is 1. The number of rotatable bonds is 8. The Kier molecular flexibility index (Phi) is 8.00. The van der Waals surface area contributed by atoms with Gasteiger partial charge in [-0.25, -0.2) is 4.39 Å². The van der Waals surface area contributed by atoms with Gasteiger partial charge < -0.3 is 10.2 Å². The van der Waals surface area contributed by atoms with Crippen molar-refractivity contribution >= 4 is 11.8 Å². The Labute approximate surface area is 178 Å². The van der Waals surface area contributed by atoms with Crippen molar-refractivity contribution in [3.8, 4) is 0 Å². The van der Waals surface area contributed by atoms with Gasteiger partial charge in [-0.05, 0) is 37.8 Å². The van der Waals surface area contributed by atoms with Crippen LogP contribution in [-0.4, -0.2) is 28.8 Å². The minimum Gasteiger partial charge on any atom is -0.352 e. The average molecular weight is 411 g/mol. The zero-order chi connectivity index (χ0) is 21.3. The smallest absolute Gasteiger partial charge is 0.242 e. The number of benzene rings is 2. The van der Waals surface area contributed by atoms with Crippen molar-refractivity contribution in [1.29, 1.82) is 0 Å². The van der Waals surface area contributed by atoms with Crippen LogP contribution < -0.4 is 5.32 Å². The third kappa shape index (κ3) is 6.15. The van der Waals surface area contributed by atoms with Crippen LogP contribution in [0.1, 0.15) is 56.6 Å². The molecule has 160 valence electrons. The second-order valence-corrected chi connectivity index (χ2v) is 8.12. The lowest BCUT2D eigenvalue weighted by molar-refractivity contribution is -0.141. The van der Waals surface area contributed by atoms with Crippen LogP contribution in [0.4, 0.5) is 4.39 Å². The fourth-order valence-corrected chi connectivity index (χ4v) is 4.00. The summed E-state index contributed by atoms with van der Waals surface area (Å²) in [5.41, 5.74) is 1.49. The van der Waals surface area contributed by atoms with E-state index >= 15 is 0 Å². The second kappa shape index (κ2) is 10.9. The van der Waals surface area contributed by atoms with Crippen LogP contribution in [0.5, 0.6) is 0 Å². The number of nitrogens with zero attached hydrogens (tertiary/aromatic N) is 1. The zero-order valence-corrected chi connectivity index (χ0v) is 17.6. The molecule has 2 amide bonds. The van der Waals surface area contributed by atoms with Gasteiger partial charge in [-0.2, -0.15) is 0 Å². The van der Waals surface area contributed by atoms with Crippen LogP contribution in [0.25, 0.3) is 0 Å². The highest BCUT2D eigenvalue weighted by Crippen LogP contribution is 2.19. The van der Waals surface area contributed by atoms with E-state index < -0.39 is 6.04 Å². The zero-order valence-electron chi connectivity index (χ0n) is 17.6. The molecule has 1 saturated carbocycles. The first-order chi connectivity index (χ1) is 14.5. The molecule has 0 aromatic heterocycles. The molecular weight excluding hydrogens is 379 g/mol. The third-order valence-corrected chi connectivity index (χ3v) is 5.89. The van der Waals surface area contributed by atoms with Crippen LogP contribution in [-0.2, 0) is 22.6 Å². The number of hydrogen-bond acceptors (Lipinski definition) is 2. The fourth-order valence-electron chi connectivity index (χ4n) is 4.00. The lowest BCUT2D eigenvalue weighted by Crippen LogP contribution is -2.50. The van der Waals surface area contributed by atoms with E-state index in [0.717, 1.165) is 31.2 Å². The summed E-state index contributed by atoms with van der Waals surface area (Å²) < 4.78 is 14.3. The van der Waals surface area contributed by atoms with Gasteiger partial charge >= 0.3 is 0 Å². The van der Waals surface area contributed by atoms with E-state index in [1.165, 1.54) is 17.4 Å². The van der Waals surface area contributed by atoms with Gasteiger partial charge in [0.2, 0.25) is 11.8 Å². The van der Waals surface area contributed by atoms with Crippen molar-refractivity contribution in [3.05, 3.63) is 71.5 Å². The highest BCUT2D eigenvalue weighted by molar-refractivity contribution is 5.87. The Balaban J connectivity index is 1.71. The maximum Gasteiger partial charge on any atom is 0.242 e. The number of hydrogen-bond donors (Lipinski definition) is 1. The summed E-state index contributed by atoms with van der Waals surface area (Å²) in [5.74, 6) is -0.669. The minimum atomic E-state index is -0.658. The summed E-state index contributed by atoms with van der Waals surface area (Å²) in [7, 11) is 0. The van der Waals surface area contributed by atoms with E-state index in [1.807, 2.05) is 30.3 Å². The molecule has 1 fully saturated rings. The average Bonchev–Trinajstić information content (AvgIpc) is 2.78. The number of nitrogens with one attached hydrogen (secondary N) is 1. The summed E-state index contributed by atoms with van der Waals surface area (Å²) in [6.45, 7) is 1.82. The third-order valence-electron chi connectivity index (χ3n) is 5.89. The van der Waals surface area contributed by atoms with Crippen LogP contribution in [0.3, 0.4) is 0 Å². The number of aryl methyl sites for hydroxylation is 1. The van der Waals surface area contributed by atoms with Crippen molar-refractivity contribution < 1.29 is 14.0 Å². The van der Waals surface area contributed by atoms with E-state index in [9.17, 15) is 14.0 Å². The quantitative estimate of drug-likeness (QED) is 0.690. The van der Waals surface area contributed by atoms with Crippen LogP contribution in [0, 0.1) is 5.82 Å². The molecule has 0 radical (unpaired) electrons. The maximum absolute atomic E-state index is 14.3. The Morgan fingerprint density at radius 2 is 1.70 bits per heavy atom. The predicted octanol–water partition coefficient (Wildman–Crippen LogP) is 4.62. The predicted molar refractivity (Wildman–Crippen MR) is 116 cm³/mol. The normalized spacial score (nSPS) is 15.4. The molecule has 0 heterocycles. The largest absolute Gasteiger partial charge is 0.352 e. The Bertz CT molecular complexity index is 834. The molecule has 4 nitrogen and oxygen atoms in total. The van der Waals surface area contributed by atoms with Crippen LogP contribution >= 0.6 is 0 Å². The molecule has 3 rings (SSSR count). The van der Waals surface area contributed by atoms with Gasteiger partial charge in [-0.15, -0.1) is 0 Å². The Morgan fingerprint density at radius 3 is 2.40 bits per heavy atom. The summed E-state index contributed by atoms with van der Waals surface area (Å²) >= 11 is 0. The van der Waals surface area contributed by atoms with Gasteiger partial charge in [-0.3, -0.25) is 9.59 Å². The highest BCUT2D eigenvalue weighted by atomic mass is 19.1. The first-order valence-electron chi connectivity index (χ1n) is 10.9. The van der Waals surface area contributed by atoms with E-state index in [2.05, 4.69) is 5.32 Å². The van der Waals surface area contributed by atoms with Gasteiger partial charge in [0.15, 0.2) is 0 Å². The molecule has 2 aromatic carbocycles. The number of carbonyl (C=O) groups excluding carboxylic acids is 2. The Hall–Kier alpha value is -2.69. The summed E-state index contributed by atoms with van der Waals surface area (Å²) in [6.07, 6.45) is 6.27. The molecule has 0 aliphatic heterocycles. The van der Waals surface area contributed by atoms with Gasteiger partial charge in [0, 0.05) is 24.6 Å². The molecule has 0 spiro atoms. The van der Waals surface area contributed by atoms with E-state index in [4.69, 9.17) is 0 Å². The molecule has 0 saturated heterocycles. The standard InChI is InChI=1S/C25H31FN2O2/c1-19(25(30)27-22-13-6-3-7-14-22)28(18-21-12-8-9-15-23(21)26)24(29)17-16-20-10-4-2-5-11-20/h2,4-5,8-12,15,19,22H,3,6-7,13-14,16-18H2,1H3,(H,27,30)/t19-/m1/s1. The van der Waals surface area contributed by atoms with Gasteiger partial charge in [0.25, 0.3) is 0 Å². The number of amides is 2. The summed E-state index contributed by atoms with van der Waals surface area (Å²) in [5, 5.41) is 3.10. The molecule has 2 aromatic rings. The van der Waals surface area contributed by atoms with Crippen LogP contribution in [0.15, 0.2) is 54.6 Å². The van der Waals surface area contributed by atoms with Gasteiger partial charge in [0.1, 0.15) is 11.9 Å². The van der Waals surface area contributed by atoms with E-state index in [-0.39, 0.29) is 36.6 Å². The molecule has 1 aliphatic rings. The lowest BCUT2D eigenvalue weighted by Gasteiger charge is -2.31. The SMILES string of the molecule is C[C@H](C(=O)NC1CCCCC1)N(Cc1ccccc1F)C(=O)CCc1ccccc1.